The first-order chi connectivity index (χ1) is 11.3. The molecule has 3 heterocycles. The van der Waals surface area contributed by atoms with Crippen molar-refractivity contribution in [3.8, 4) is 17.5 Å². The highest BCUT2D eigenvalue weighted by atomic mass is 16.4. The second-order valence-electron chi connectivity index (χ2n) is 5.75. The van der Waals surface area contributed by atoms with Gasteiger partial charge in [0.05, 0.1) is 11.6 Å². The molecule has 2 aromatic heterocycles. The molecule has 0 N–H and O–H groups in total. The zero-order valence-corrected chi connectivity index (χ0v) is 12.7. The summed E-state index contributed by atoms with van der Waals surface area (Å²) < 4.78 is 5.83. The topological polar surface area (TPSA) is 66.0 Å². The molecule has 23 heavy (non-hydrogen) atoms. The quantitative estimate of drug-likeness (QED) is 0.721. The molecule has 1 aliphatic rings. The standard InChI is InChI=1S/C18H16N4O/c19-12-13-4-6-14(7-5-13)17-20-15-8-9-16(21-18(15)23-17)22-10-2-1-3-11-22/h4-9H,1-3,10-11H2. The van der Waals surface area contributed by atoms with Gasteiger partial charge in [0.2, 0.25) is 11.6 Å². The number of anilines is 1. The maximum Gasteiger partial charge on any atom is 0.249 e. The van der Waals surface area contributed by atoms with Crippen LogP contribution in [0.3, 0.4) is 0 Å². The van der Waals surface area contributed by atoms with Crippen LogP contribution in [0.2, 0.25) is 0 Å². The molecule has 5 heteroatoms. The Kier molecular flexibility index (Phi) is 3.43. The van der Waals surface area contributed by atoms with Crippen LogP contribution in [0, 0.1) is 11.3 Å². The number of piperidine rings is 1. The molecule has 4 rings (SSSR count). The summed E-state index contributed by atoms with van der Waals surface area (Å²) in [6, 6.07) is 13.3. The lowest BCUT2D eigenvalue weighted by atomic mass is 10.1. The maximum absolute atomic E-state index is 8.86. The van der Waals surface area contributed by atoms with Gasteiger partial charge in [0, 0.05) is 18.7 Å². The molecule has 1 aliphatic heterocycles. The maximum atomic E-state index is 8.86. The average molecular weight is 304 g/mol. The van der Waals surface area contributed by atoms with E-state index in [9.17, 15) is 0 Å². The van der Waals surface area contributed by atoms with E-state index >= 15 is 0 Å². The van der Waals surface area contributed by atoms with Gasteiger partial charge in [0.15, 0.2) is 0 Å². The first kappa shape index (κ1) is 13.8. The van der Waals surface area contributed by atoms with Gasteiger partial charge in [0.25, 0.3) is 0 Å². The Morgan fingerprint density at radius 3 is 2.48 bits per heavy atom. The molecule has 0 spiro atoms. The van der Waals surface area contributed by atoms with E-state index in [1.54, 1.807) is 12.1 Å². The van der Waals surface area contributed by atoms with Crippen LogP contribution >= 0.6 is 0 Å². The first-order valence-electron chi connectivity index (χ1n) is 7.86. The van der Waals surface area contributed by atoms with Crippen molar-refractivity contribution in [1.82, 2.24) is 9.97 Å². The average Bonchev–Trinajstić information content (AvgIpc) is 3.06. The predicted molar refractivity (Wildman–Crippen MR) is 88.0 cm³/mol. The molecule has 0 radical (unpaired) electrons. The summed E-state index contributed by atoms with van der Waals surface area (Å²) in [5.74, 6) is 1.49. The van der Waals surface area contributed by atoms with Gasteiger partial charge in [-0.15, -0.1) is 0 Å². The fourth-order valence-electron chi connectivity index (χ4n) is 2.92. The van der Waals surface area contributed by atoms with E-state index in [0.717, 1.165) is 30.0 Å². The Bertz CT molecular complexity index is 870. The van der Waals surface area contributed by atoms with Crippen LogP contribution in [-0.2, 0) is 0 Å². The van der Waals surface area contributed by atoms with Gasteiger partial charge in [-0.3, -0.25) is 0 Å². The lowest BCUT2D eigenvalue weighted by Crippen LogP contribution is -2.29. The van der Waals surface area contributed by atoms with Gasteiger partial charge in [-0.2, -0.15) is 10.2 Å². The summed E-state index contributed by atoms with van der Waals surface area (Å²) in [4.78, 5) is 11.4. The van der Waals surface area contributed by atoms with Crippen LogP contribution in [0.5, 0.6) is 0 Å². The Morgan fingerprint density at radius 1 is 0.957 bits per heavy atom. The van der Waals surface area contributed by atoms with E-state index in [0.29, 0.717) is 17.2 Å². The fraction of sp³-hybridized carbons (Fsp3) is 0.278. The highest BCUT2D eigenvalue weighted by Crippen LogP contribution is 2.26. The molecule has 1 saturated heterocycles. The number of benzene rings is 1. The van der Waals surface area contributed by atoms with Crippen molar-refractivity contribution < 1.29 is 4.42 Å². The molecule has 0 saturated carbocycles. The first-order valence-corrected chi connectivity index (χ1v) is 7.86. The van der Waals surface area contributed by atoms with Crippen LogP contribution in [0.1, 0.15) is 24.8 Å². The molecular formula is C18H16N4O. The number of hydrogen-bond acceptors (Lipinski definition) is 5. The largest absolute Gasteiger partial charge is 0.418 e. The van der Waals surface area contributed by atoms with Crippen LogP contribution in [-0.4, -0.2) is 23.1 Å². The third-order valence-electron chi connectivity index (χ3n) is 4.18. The molecule has 5 nitrogen and oxygen atoms in total. The van der Waals surface area contributed by atoms with Crippen LogP contribution in [0.15, 0.2) is 40.8 Å². The van der Waals surface area contributed by atoms with E-state index < -0.39 is 0 Å². The van der Waals surface area contributed by atoms with Gasteiger partial charge >= 0.3 is 0 Å². The Labute approximate surface area is 134 Å². The number of aromatic nitrogens is 2. The number of oxazole rings is 1. The number of pyridine rings is 1. The van der Waals surface area contributed by atoms with Crippen molar-refractivity contribution in [2.24, 2.45) is 0 Å². The lowest BCUT2D eigenvalue weighted by Gasteiger charge is -2.27. The van der Waals surface area contributed by atoms with Crippen molar-refractivity contribution >= 4 is 17.0 Å². The third-order valence-corrected chi connectivity index (χ3v) is 4.18. The summed E-state index contributed by atoms with van der Waals surface area (Å²) in [7, 11) is 0. The van der Waals surface area contributed by atoms with E-state index in [2.05, 4.69) is 20.9 Å². The minimum atomic E-state index is 0.535. The van der Waals surface area contributed by atoms with Crippen LogP contribution in [0.25, 0.3) is 22.7 Å². The summed E-state index contributed by atoms with van der Waals surface area (Å²) in [6.45, 7) is 2.10. The SMILES string of the molecule is N#Cc1ccc(-c2nc3ccc(N4CCCCC4)nc3o2)cc1. The van der Waals surface area contributed by atoms with Crippen molar-refractivity contribution in [3.05, 3.63) is 42.0 Å². The van der Waals surface area contributed by atoms with Crippen molar-refractivity contribution in [2.75, 3.05) is 18.0 Å². The molecule has 0 unspecified atom stereocenters. The smallest absolute Gasteiger partial charge is 0.249 e. The fourth-order valence-corrected chi connectivity index (χ4v) is 2.92. The molecule has 114 valence electrons. The second-order valence-corrected chi connectivity index (χ2v) is 5.75. The Balaban J connectivity index is 1.68. The second kappa shape index (κ2) is 5.73. The molecular weight excluding hydrogens is 288 g/mol. The highest BCUT2D eigenvalue weighted by Gasteiger charge is 2.15. The molecule has 0 aliphatic carbocycles. The molecule has 0 bridgehead atoms. The lowest BCUT2D eigenvalue weighted by molar-refractivity contribution is 0.569. The van der Waals surface area contributed by atoms with Gasteiger partial charge in [-0.05, 0) is 55.7 Å². The van der Waals surface area contributed by atoms with Crippen LogP contribution in [0.4, 0.5) is 5.82 Å². The summed E-state index contributed by atoms with van der Waals surface area (Å²) in [6.07, 6.45) is 3.73. The summed E-state index contributed by atoms with van der Waals surface area (Å²) in [5, 5.41) is 8.86. The summed E-state index contributed by atoms with van der Waals surface area (Å²) in [5.41, 5.74) is 2.79. The van der Waals surface area contributed by atoms with Crippen molar-refractivity contribution in [1.29, 1.82) is 5.26 Å². The highest BCUT2D eigenvalue weighted by molar-refractivity contribution is 5.74. The Hall–Kier alpha value is -2.87. The van der Waals surface area contributed by atoms with E-state index in [-0.39, 0.29) is 0 Å². The van der Waals surface area contributed by atoms with E-state index in [4.69, 9.17) is 9.68 Å². The minimum absolute atomic E-state index is 0.535. The number of rotatable bonds is 2. The van der Waals surface area contributed by atoms with Gasteiger partial charge in [-0.25, -0.2) is 4.98 Å². The molecule has 0 amide bonds. The molecule has 1 fully saturated rings. The molecule has 3 aromatic rings. The van der Waals surface area contributed by atoms with Crippen molar-refractivity contribution in [2.45, 2.75) is 19.3 Å². The number of nitriles is 1. The summed E-state index contributed by atoms with van der Waals surface area (Å²) >= 11 is 0. The molecule has 1 aromatic carbocycles. The van der Waals surface area contributed by atoms with Gasteiger partial charge in [0.1, 0.15) is 11.3 Å². The normalized spacial score (nSPS) is 14.8. The minimum Gasteiger partial charge on any atom is -0.418 e. The zero-order valence-electron chi connectivity index (χ0n) is 12.7. The number of fused-ring (bicyclic) bond motifs is 1. The zero-order chi connectivity index (χ0) is 15.6. The third kappa shape index (κ3) is 2.64. The molecule has 0 atom stereocenters. The van der Waals surface area contributed by atoms with Gasteiger partial charge < -0.3 is 9.32 Å². The van der Waals surface area contributed by atoms with E-state index in [1.165, 1.54) is 19.3 Å². The van der Waals surface area contributed by atoms with Crippen LogP contribution < -0.4 is 4.90 Å². The monoisotopic (exact) mass is 304 g/mol. The van der Waals surface area contributed by atoms with Crippen molar-refractivity contribution in [3.63, 3.8) is 0 Å². The number of nitrogens with zero attached hydrogens (tertiary/aromatic N) is 4. The predicted octanol–water partition coefficient (Wildman–Crippen LogP) is 3.75. The Morgan fingerprint density at radius 2 is 1.74 bits per heavy atom. The number of hydrogen-bond donors (Lipinski definition) is 0. The van der Waals surface area contributed by atoms with Gasteiger partial charge in [-0.1, -0.05) is 0 Å². The van der Waals surface area contributed by atoms with E-state index in [1.807, 2.05) is 24.3 Å².